The first-order valence-electron chi connectivity index (χ1n) is 4.35. The van der Waals surface area contributed by atoms with Gasteiger partial charge in [-0.15, -0.1) is 0 Å². The van der Waals surface area contributed by atoms with Crippen molar-refractivity contribution in [2.45, 2.75) is 26.8 Å². The van der Waals surface area contributed by atoms with Crippen molar-refractivity contribution in [1.29, 1.82) is 0 Å². The molecular weight excluding hydrogens is 204 g/mol. The monoisotopic (exact) mass is 214 g/mol. The summed E-state index contributed by atoms with van der Waals surface area (Å²) < 4.78 is 1.27. The lowest BCUT2D eigenvalue weighted by atomic mass is 10.3. The van der Waals surface area contributed by atoms with Crippen molar-refractivity contribution in [3.05, 3.63) is 27.7 Å². The van der Waals surface area contributed by atoms with Gasteiger partial charge in [0.1, 0.15) is 5.56 Å². The van der Waals surface area contributed by atoms with Crippen LogP contribution < -0.4 is 5.56 Å². The SMILES string of the molecule is CCCn1nc(C)cc(C(=O)Cl)c1=O. The number of hydrogen-bond acceptors (Lipinski definition) is 3. The zero-order chi connectivity index (χ0) is 10.7. The number of nitrogens with zero attached hydrogens (tertiary/aromatic N) is 2. The van der Waals surface area contributed by atoms with Crippen LogP contribution in [-0.4, -0.2) is 15.0 Å². The first kappa shape index (κ1) is 10.9. The van der Waals surface area contributed by atoms with E-state index >= 15 is 0 Å². The summed E-state index contributed by atoms with van der Waals surface area (Å²) in [5.41, 5.74) is 0.187. The standard InChI is InChI=1S/C9H11ClN2O2/c1-3-4-12-9(14)7(8(10)13)5-6(2)11-12/h5H,3-4H2,1-2H3. The lowest BCUT2D eigenvalue weighted by Crippen LogP contribution is -2.28. The molecule has 5 heteroatoms. The molecule has 0 amide bonds. The highest BCUT2D eigenvalue weighted by atomic mass is 35.5. The fourth-order valence-electron chi connectivity index (χ4n) is 1.18. The molecule has 1 heterocycles. The van der Waals surface area contributed by atoms with Crippen LogP contribution in [0.5, 0.6) is 0 Å². The summed E-state index contributed by atoms with van der Waals surface area (Å²) >= 11 is 5.27. The fraction of sp³-hybridized carbons (Fsp3) is 0.444. The zero-order valence-electron chi connectivity index (χ0n) is 8.08. The molecule has 0 radical (unpaired) electrons. The van der Waals surface area contributed by atoms with Gasteiger partial charge in [0.15, 0.2) is 0 Å². The van der Waals surface area contributed by atoms with E-state index in [4.69, 9.17) is 11.6 Å². The molecule has 0 aliphatic carbocycles. The Hall–Kier alpha value is -1.16. The second-order valence-corrected chi connectivity index (χ2v) is 3.34. The smallest absolute Gasteiger partial charge is 0.275 e. The molecule has 4 nitrogen and oxygen atoms in total. The largest absolute Gasteiger partial charge is 0.278 e. The van der Waals surface area contributed by atoms with Gasteiger partial charge in [-0.05, 0) is 31.0 Å². The topological polar surface area (TPSA) is 52.0 Å². The van der Waals surface area contributed by atoms with E-state index in [-0.39, 0.29) is 5.56 Å². The van der Waals surface area contributed by atoms with E-state index in [1.165, 1.54) is 10.7 Å². The van der Waals surface area contributed by atoms with Gasteiger partial charge in [0.25, 0.3) is 10.8 Å². The molecule has 1 aromatic heterocycles. The minimum Gasteiger partial charge on any atom is -0.275 e. The van der Waals surface area contributed by atoms with Gasteiger partial charge in [0.2, 0.25) is 0 Å². The normalized spacial score (nSPS) is 10.2. The Morgan fingerprint density at radius 2 is 2.29 bits per heavy atom. The average molecular weight is 215 g/mol. The van der Waals surface area contributed by atoms with Crippen molar-refractivity contribution in [1.82, 2.24) is 9.78 Å². The molecule has 0 aromatic carbocycles. The Balaban J connectivity index is 3.32. The Kier molecular flexibility index (Phi) is 3.41. The molecular formula is C9H11ClN2O2. The molecule has 0 N–H and O–H groups in total. The van der Waals surface area contributed by atoms with E-state index in [0.717, 1.165) is 6.42 Å². The van der Waals surface area contributed by atoms with Crippen molar-refractivity contribution in [2.24, 2.45) is 0 Å². The number of aromatic nitrogens is 2. The predicted octanol–water partition coefficient (Wildman–Crippen LogP) is 1.34. The van der Waals surface area contributed by atoms with Gasteiger partial charge in [0.05, 0.1) is 5.69 Å². The molecule has 0 spiro atoms. The third kappa shape index (κ3) is 2.20. The highest BCUT2D eigenvalue weighted by Crippen LogP contribution is 1.99. The lowest BCUT2D eigenvalue weighted by molar-refractivity contribution is 0.107. The van der Waals surface area contributed by atoms with Crippen molar-refractivity contribution in [3.63, 3.8) is 0 Å². The van der Waals surface area contributed by atoms with Crippen LogP contribution in [0.25, 0.3) is 0 Å². The van der Waals surface area contributed by atoms with E-state index in [1.807, 2.05) is 6.92 Å². The fourth-order valence-corrected chi connectivity index (χ4v) is 1.31. The van der Waals surface area contributed by atoms with Crippen LogP contribution in [-0.2, 0) is 6.54 Å². The summed E-state index contributed by atoms with van der Waals surface area (Å²) in [6.07, 6.45) is 0.784. The Labute approximate surface area is 86.5 Å². The van der Waals surface area contributed by atoms with Gasteiger partial charge in [-0.3, -0.25) is 9.59 Å². The van der Waals surface area contributed by atoms with Crippen LogP contribution in [0.15, 0.2) is 10.9 Å². The number of rotatable bonds is 3. The maximum atomic E-state index is 11.5. The number of carbonyl (C=O) groups is 1. The van der Waals surface area contributed by atoms with Crippen LogP contribution in [0.4, 0.5) is 0 Å². The van der Waals surface area contributed by atoms with Gasteiger partial charge in [0, 0.05) is 6.54 Å². The summed E-state index contributed by atoms with van der Waals surface area (Å²) in [6.45, 7) is 4.14. The van der Waals surface area contributed by atoms with E-state index in [0.29, 0.717) is 12.2 Å². The molecule has 0 saturated carbocycles. The lowest BCUT2D eigenvalue weighted by Gasteiger charge is -2.04. The number of halogens is 1. The van der Waals surface area contributed by atoms with E-state index in [1.54, 1.807) is 6.92 Å². The van der Waals surface area contributed by atoms with Gasteiger partial charge in [-0.25, -0.2) is 4.68 Å². The van der Waals surface area contributed by atoms with Crippen LogP contribution in [0.2, 0.25) is 0 Å². The average Bonchev–Trinajstić information content (AvgIpc) is 2.10. The summed E-state index contributed by atoms with van der Waals surface area (Å²) in [7, 11) is 0. The quantitative estimate of drug-likeness (QED) is 0.714. The van der Waals surface area contributed by atoms with Crippen LogP contribution in [0.3, 0.4) is 0 Å². The molecule has 0 fully saturated rings. The first-order chi connectivity index (χ1) is 6.56. The predicted molar refractivity (Wildman–Crippen MR) is 53.7 cm³/mol. The van der Waals surface area contributed by atoms with Crippen molar-refractivity contribution < 1.29 is 4.79 Å². The van der Waals surface area contributed by atoms with Crippen LogP contribution in [0, 0.1) is 6.92 Å². The maximum Gasteiger partial charge on any atom is 0.278 e. The number of hydrogen-bond donors (Lipinski definition) is 0. The third-order valence-corrected chi connectivity index (χ3v) is 1.95. The summed E-state index contributed by atoms with van der Waals surface area (Å²) in [5.74, 6) is 0. The van der Waals surface area contributed by atoms with Gasteiger partial charge < -0.3 is 0 Å². The molecule has 0 unspecified atom stereocenters. The second kappa shape index (κ2) is 4.37. The van der Waals surface area contributed by atoms with Crippen molar-refractivity contribution in [3.8, 4) is 0 Å². The molecule has 0 aliphatic heterocycles. The van der Waals surface area contributed by atoms with E-state index in [2.05, 4.69) is 5.10 Å². The van der Waals surface area contributed by atoms with Crippen molar-refractivity contribution in [2.75, 3.05) is 0 Å². The maximum absolute atomic E-state index is 11.5. The van der Waals surface area contributed by atoms with Gasteiger partial charge in [-0.2, -0.15) is 5.10 Å². The number of aryl methyl sites for hydroxylation is 2. The molecule has 0 aliphatic rings. The summed E-state index contributed by atoms with van der Waals surface area (Å²) in [5, 5.41) is 3.27. The first-order valence-corrected chi connectivity index (χ1v) is 4.72. The van der Waals surface area contributed by atoms with Gasteiger partial charge >= 0.3 is 0 Å². The molecule has 14 heavy (non-hydrogen) atoms. The highest BCUT2D eigenvalue weighted by Gasteiger charge is 2.11. The van der Waals surface area contributed by atoms with Crippen LogP contribution >= 0.6 is 11.6 Å². The minimum atomic E-state index is -0.731. The second-order valence-electron chi connectivity index (χ2n) is 3.00. The number of carbonyl (C=O) groups excluding carboxylic acids is 1. The molecule has 0 saturated heterocycles. The van der Waals surface area contributed by atoms with E-state index < -0.39 is 10.8 Å². The summed E-state index contributed by atoms with van der Waals surface area (Å²) in [6, 6.07) is 1.41. The Morgan fingerprint density at radius 3 is 2.79 bits per heavy atom. The Morgan fingerprint density at radius 1 is 1.64 bits per heavy atom. The zero-order valence-corrected chi connectivity index (χ0v) is 8.84. The molecule has 1 rings (SSSR count). The Bertz CT molecular complexity index is 412. The van der Waals surface area contributed by atoms with E-state index in [9.17, 15) is 9.59 Å². The molecule has 0 atom stereocenters. The summed E-state index contributed by atoms with van der Waals surface area (Å²) in [4.78, 5) is 22.4. The molecule has 1 aromatic rings. The van der Waals surface area contributed by atoms with Crippen molar-refractivity contribution >= 4 is 16.8 Å². The molecule has 0 bridgehead atoms. The van der Waals surface area contributed by atoms with Crippen LogP contribution in [0.1, 0.15) is 29.4 Å². The highest BCUT2D eigenvalue weighted by molar-refractivity contribution is 6.67. The van der Waals surface area contributed by atoms with Gasteiger partial charge in [-0.1, -0.05) is 6.92 Å². The molecule has 76 valence electrons. The minimum absolute atomic E-state index is 0.00684. The third-order valence-electron chi connectivity index (χ3n) is 1.74.